The fourth-order valence-corrected chi connectivity index (χ4v) is 3.45. The number of imidazole rings is 1. The van der Waals surface area contributed by atoms with Crippen LogP contribution in [0, 0.1) is 5.92 Å². The minimum absolute atomic E-state index is 0.129. The van der Waals surface area contributed by atoms with Crippen LogP contribution in [0.1, 0.15) is 31.2 Å². The second-order valence-electron chi connectivity index (χ2n) is 6.20. The van der Waals surface area contributed by atoms with Crippen LogP contribution in [0.4, 0.5) is 4.39 Å². The quantitative estimate of drug-likeness (QED) is 0.851. The lowest BCUT2D eigenvalue weighted by atomic mass is 9.67. The highest BCUT2D eigenvalue weighted by atomic mass is 19.1. The summed E-state index contributed by atoms with van der Waals surface area (Å²) < 4.78 is 15.3. The summed E-state index contributed by atoms with van der Waals surface area (Å²) in [5.74, 6) is -1.29. The van der Waals surface area contributed by atoms with Crippen molar-refractivity contribution in [2.75, 3.05) is 7.05 Å². The molecular formula is C17H20FN3O2. The first kappa shape index (κ1) is 15.7. The maximum atomic E-state index is 13.3. The molecule has 1 aliphatic rings. The summed E-state index contributed by atoms with van der Waals surface area (Å²) in [6.07, 6.45) is 3.19. The summed E-state index contributed by atoms with van der Waals surface area (Å²) in [7, 11) is 3.92. The van der Waals surface area contributed by atoms with Gasteiger partial charge in [-0.1, -0.05) is 13.0 Å². The molecule has 1 aromatic heterocycles. The average molecular weight is 317 g/mol. The molecule has 0 radical (unpaired) electrons. The van der Waals surface area contributed by atoms with Crippen LogP contribution in [0.3, 0.4) is 0 Å². The molecule has 2 atom stereocenters. The maximum absolute atomic E-state index is 13.3. The summed E-state index contributed by atoms with van der Waals surface area (Å²) in [6.45, 7) is 2.20. The lowest BCUT2D eigenvalue weighted by Gasteiger charge is -2.47. The van der Waals surface area contributed by atoms with Crippen LogP contribution >= 0.6 is 0 Å². The Hall–Kier alpha value is -2.21. The molecule has 3 rings (SSSR count). The van der Waals surface area contributed by atoms with Crippen molar-refractivity contribution in [2.45, 2.75) is 25.3 Å². The second kappa shape index (κ2) is 5.45. The van der Waals surface area contributed by atoms with E-state index in [-0.39, 0.29) is 5.54 Å². The van der Waals surface area contributed by atoms with E-state index >= 15 is 0 Å². The number of fused-ring (bicyclic) bond motifs is 1. The van der Waals surface area contributed by atoms with Gasteiger partial charge in [-0.2, -0.15) is 4.39 Å². The third-order valence-corrected chi connectivity index (χ3v) is 5.06. The summed E-state index contributed by atoms with van der Waals surface area (Å²) in [5, 5.41) is 12.1. The van der Waals surface area contributed by atoms with E-state index in [1.165, 1.54) is 0 Å². The molecule has 6 heteroatoms. The van der Waals surface area contributed by atoms with Gasteiger partial charge < -0.3 is 15.0 Å². The molecule has 0 saturated heterocycles. The van der Waals surface area contributed by atoms with Crippen LogP contribution in [0.15, 0.2) is 24.0 Å². The average Bonchev–Trinajstić information content (AvgIpc) is 2.83. The van der Waals surface area contributed by atoms with Gasteiger partial charge in [0.25, 0.3) is 0 Å². The molecule has 1 fully saturated rings. The fourth-order valence-electron chi connectivity index (χ4n) is 3.45. The minimum Gasteiger partial charge on any atom is -0.476 e. The standard InChI is InChI=1S/C17H20FN3O2/c1-10-6-7-17(10,19-2)16-20-13-9-11(8-12(18)15(22)23)4-5-14(13)21(16)3/h4-5,8-10,19H,6-7H2,1-3H3,(H,22,23)/b12-8-/t10-,17?/m1/s1. The van der Waals surface area contributed by atoms with Crippen LogP contribution in [0.2, 0.25) is 0 Å². The van der Waals surface area contributed by atoms with Gasteiger partial charge in [0.15, 0.2) is 0 Å². The number of aromatic nitrogens is 2. The first-order chi connectivity index (χ1) is 10.9. The largest absolute Gasteiger partial charge is 0.476 e. The number of carboxylic acid groups (broad SMARTS) is 1. The zero-order valence-electron chi connectivity index (χ0n) is 13.4. The van der Waals surface area contributed by atoms with Crippen molar-refractivity contribution in [3.63, 3.8) is 0 Å². The van der Waals surface area contributed by atoms with Crippen molar-refractivity contribution < 1.29 is 14.3 Å². The van der Waals surface area contributed by atoms with E-state index in [0.717, 1.165) is 35.8 Å². The predicted molar refractivity (Wildman–Crippen MR) is 86.6 cm³/mol. The number of aliphatic carboxylic acids is 1. The lowest BCUT2D eigenvalue weighted by molar-refractivity contribution is -0.134. The summed E-state index contributed by atoms with van der Waals surface area (Å²) in [4.78, 5) is 15.3. The molecule has 0 spiro atoms. The van der Waals surface area contributed by atoms with Crippen LogP contribution in [0.5, 0.6) is 0 Å². The molecule has 122 valence electrons. The van der Waals surface area contributed by atoms with Crippen molar-refractivity contribution in [3.05, 3.63) is 35.4 Å². The number of benzene rings is 1. The van der Waals surface area contributed by atoms with E-state index in [4.69, 9.17) is 10.1 Å². The van der Waals surface area contributed by atoms with Gasteiger partial charge in [0, 0.05) is 7.05 Å². The molecule has 1 aromatic carbocycles. The second-order valence-corrected chi connectivity index (χ2v) is 6.20. The zero-order valence-corrected chi connectivity index (χ0v) is 13.4. The molecular weight excluding hydrogens is 297 g/mol. The number of hydrogen-bond acceptors (Lipinski definition) is 3. The first-order valence-electron chi connectivity index (χ1n) is 7.65. The molecule has 1 heterocycles. The summed E-state index contributed by atoms with van der Waals surface area (Å²) >= 11 is 0. The van der Waals surface area contributed by atoms with Crippen molar-refractivity contribution in [3.8, 4) is 0 Å². The third-order valence-electron chi connectivity index (χ3n) is 5.06. The molecule has 2 N–H and O–H groups in total. The molecule has 0 amide bonds. The SMILES string of the molecule is CNC1(c2nc3cc(/C=C(\F)C(=O)O)ccc3n2C)CC[C@H]1C. The normalized spacial score (nSPS) is 24.7. The lowest BCUT2D eigenvalue weighted by Crippen LogP contribution is -2.54. The molecule has 0 bridgehead atoms. The van der Waals surface area contributed by atoms with Crippen molar-refractivity contribution in [1.82, 2.24) is 14.9 Å². The third kappa shape index (κ3) is 2.34. The Morgan fingerprint density at radius 1 is 1.57 bits per heavy atom. The highest BCUT2D eigenvalue weighted by molar-refractivity contribution is 5.90. The van der Waals surface area contributed by atoms with Crippen molar-refractivity contribution in [1.29, 1.82) is 0 Å². The number of carboxylic acids is 1. The van der Waals surface area contributed by atoms with E-state index in [2.05, 4.69) is 16.8 Å². The van der Waals surface area contributed by atoms with E-state index in [9.17, 15) is 9.18 Å². The van der Waals surface area contributed by atoms with Crippen LogP contribution in [0.25, 0.3) is 17.1 Å². The first-order valence-corrected chi connectivity index (χ1v) is 7.65. The van der Waals surface area contributed by atoms with Gasteiger partial charge in [-0.25, -0.2) is 9.78 Å². The number of aryl methyl sites for hydroxylation is 1. The topological polar surface area (TPSA) is 67.2 Å². The molecule has 1 aliphatic carbocycles. The summed E-state index contributed by atoms with van der Waals surface area (Å²) in [5.41, 5.74) is 2.04. The van der Waals surface area contributed by atoms with Crippen LogP contribution < -0.4 is 5.32 Å². The Bertz CT molecular complexity index is 808. The van der Waals surface area contributed by atoms with E-state index in [0.29, 0.717) is 11.5 Å². The number of hydrogen-bond donors (Lipinski definition) is 2. The van der Waals surface area contributed by atoms with Gasteiger partial charge in [-0.05, 0) is 49.6 Å². The highest BCUT2D eigenvalue weighted by Gasteiger charge is 2.47. The van der Waals surface area contributed by atoms with Crippen LogP contribution in [-0.4, -0.2) is 27.7 Å². The van der Waals surface area contributed by atoms with E-state index in [1.54, 1.807) is 12.1 Å². The smallest absolute Gasteiger partial charge is 0.364 e. The zero-order chi connectivity index (χ0) is 16.8. The molecule has 1 unspecified atom stereocenters. The summed E-state index contributed by atoms with van der Waals surface area (Å²) in [6, 6.07) is 5.26. The van der Waals surface area contributed by atoms with Gasteiger partial charge >= 0.3 is 5.97 Å². The monoisotopic (exact) mass is 317 g/mol. The Balaban J connectivity index is 2.09. The number of halogens is 1. The highest BCUT2D eigenvalue weighted by Crippen LogP contribution is 2.46. The Kier molecular flexibility index (Phi) is 3.72. The number of carbonyl (C=O) groups is 1. The van der Waals surface area contributed by atoms with Gasteiger partial charge in [0.1, 0.15) is 5.82 Å². The molecule has 2 aromatic rings. The Morgan fingerprint density at radius 2 is 2.30 bits per heavy atom. The molecule has 23 heavy (non-hydrogen) atoms. The van der Waals surface area contributed by atoms with Crippen LogP contribution in [-0.2, 0) is 17.4 Å². The van der Waals surface area contributed by atoms with Gasteiger partial charge in [0.05, 0.1) is 16.6 Å². The van der Waals surface area contributed by atoms with Gasteiger partial charge in [-0.3, -0.25) is 0 Å². The van der Waals surface area contributed by atoms with Gasteiger partial charge in [-0.15, -0.1) is 0 Å². The fraction of sp³-hybridized carbons (Fsp3) is 0.412. The molecule has 1 saturated carbocycles. The predicted octanol–water partition coefficient (Wildman–Crippen LogP) is 2.81. The van der Waals surface area contributed by atoms with Crippen molar-refractivity contribution >= 4 is 23.1 Å². The molecule has 0 aliphatic heterocycles. The number of rotatable bonds is 4. The van der Waals surface area contributed by atoms with E-state index < -0.39 is 11.8 Å². The molecule has 5 nitrogen and oxygen atoms in total. The van der Waals surface area contributed by atoms with Crippen molar-refractivity contribution in [2.24, 2.45) is 13.0 Å². The maximum Gasteiger partial charge on any atom is 0.364 e. The Labute approximate surface area is 133 Å². The van der Waals surface area contributed by atoms with E-state index in [1.807, 2.05) is 20.2 Å². The Morgan fingerprint density at radius 3 is 2.83 bits per heavy atom. The number of nitrogens with one attached hydrogen (secondary N) is 1. The minimum atomic E-state index is -1.57. The number of nitrogens with zero attached hydrogens (tertiary/aromatic N) is 2. The van der Waals surface area contributed by atoms with Gasteiger partial charge in [0.2, 0.25) is 5.83 Å².